The van der Waals surface area contributed by atoms with Gasteiger partial charge in [0.2, 0.25) is 0 Å². The molecule has 6 nitrogen and oxygen atoms in total. The van der Waals surface area contributed by atoms with Gasteiger partial charge in [-0.1, -0.05) is 0 Å². The van der Waals surface area contributed by atoms with Crippen molar-refractivity contribution in [3.63, 3.8) is 0 Å². The molecule has 0 atom stereocenters. The summed E-state index contributed by atoms with van der Waals surface area (Å²) in [5, 5.41) is 4.23. The number of aromatic nitrogens is 5. The average Bonchev–Trinajstić information content (AvgIpc) is 2.78. The van der Waals surface area contributed by atoms with Crippen LogP contribution >= 0.6 is 0 Å². The summed E-state index contributed by atoms with van der Waals surface area (Å²) in [5.74, 6) is 0.801. The Balaban J connectivity index is 1.86. The van der Waals surface area contributed by atoms with E-state index < -0.39 is 0 Å². The Morgan fingerprint density at radius 1 is 1.22 bits per heavy atom. The quantitative estimate of drug-likeness (QED) is 0.728. The van der Waals surface area contributed by atoms with Crippen molar-refractivity contribution in [1.29, 1.82) is 0 Å². The van der Waals surface area contributed by atoms with E-state index in [0.29, 0.717) is 6.54 Å². The highest BCUT2D eigenvalue weighted by Crippen LogP contribution is 2.19. The van der Waals surface area contributed by atoms with Crippen LogP contribution in [0.1, 0.15) is 11.4 Å². The second kappa shape index (κ2) is 4.40. The first kappa shape index (κ1) is 10.6. The van der Waals surface area contributed by atoms with E-state index >= 15 is 0 Å². The lowest BCUT2D eigenvalue weighted by Crippen LogP contribution is -2.03. The highest BCUT2D eigenvalue weighted by atomic mass is 15.0. The Hall–Kier alpha value is -2.50. The minimum absolute atomic E-state index is 0.587. The molecule has 18 heavy (non-hydrogen) atoms. The predicted octanol–water partition coefficient (Wildman–Crippen LogP) is 1.67. The molecule has 0 amide bonds. The number of H-pyrrole nitrogens is 1. The predicted molar refractivity (Wildman–Crippen MR) is 68.0 cm³/mol. The first-order valence-corrected chi connectivity index (χ1v) is 5.62. The number of fused-ring (bicyclic) bond motifs is 1. The fraction of sp³-hybridized carbons (Fsp3) is 0.167. The Labute approximate surface area is 104 Å². The van der Waals surface area contributed by atoms with Crippen molar-refractivity contribution in [2.45, 2.75) is 13.5 Å². The minimum Gasteiger partial charge on any atom is -0.364 e. The van der Waals surface area contributed by atoms with Crippen LogP contribution in [0.2, 0.25) is 0 Å². The lowest BCUT2D eigenvalue weighted by atomic mass is 10.3. The topological polar surface area (TPSA) is 79.4 Å². The lowest BCUT2D eigenvalue weighted by Gasteiger charge is -2.04. The number of hydrogen-bond acceptors (Lipinski definition) is 5. The Morgan fingerprint density at radius 3 is 3.00 bits per heavy atom. The van der Waals surface area contributed by atoms with Gasteiger partial charge in [0.25, 0.3) is 0 Å². The van der Waals surface area contributed by atoms with E-state index in [1.165, 1.54) is 6.33 Å². The van der Waals surface area contributed by atoms with Crippen LogP contribution in [0, 0.1) is 6.92 Å². The van der Waals surface area contributed by atoms with Crippen molar-refractivity contribution in [3.8, 4) is 0 Å². The van der Waals surface area contributed by atoms with Crippen molar-refractivity contribution in [1.82, 2.24) is 24.9 Å². The second-order valence-corrected chi connectivity index (χ2v) is 3.99. The molecule has 90 valence electrons. The van der Waals surface area contributed by atoms with Gasteiger partial charge in [-0.3, -0.25) is 9.97 Å². The molecule has 0 aliphatic rings. The lowest BCUT2D eigenvalue weighted by molar-refractivity contribution is 0.997. The number of nitrogens with one attached hydrogen (secondary N) is 2. The maximum absolute atomic E-state index is 4.24. The van der Waals surface area contributed by atoms with Crippen molar-refractivity contribution in [2.75, 3.05) is 5.32 Å². The van der Waals surface area contributed by atoms with Crippen LogP contribution in [0.25, 0.3) is 11.0 Å². The SMILES string of the molecule is Cc1cc2c(NCc3cnccn3)ncnc2[nH]1. The monoisotopic (exact) mass is 240 g/mol. The van der Waals surface area contributed by atoms with Crippen LogP contribution in [0.15, 0.2) is 31.0 Å². The number of aryl methyl sites for hydroxylation is 1. The molecule has 0 aliphatic heterocycles. The number of nitrogens with zero attached hydrogens (tertiary/aromatic N) is 4. The standard InChI is InChI=1S/C12H12N6/c1-8-4-10-11(16-7-17-12(10)18-8)15-6-9-5-13-2-3-14-9/h2-5,7H,6H2,1H3,(H2,15,16,17,18). The van der Waals surface area contributed by atoms with E-state index in [-0.39, 0.29) is 0 Å². The van der Waals surface area contributed by atoms with Crippen LogP contribution in [0.3, 0.4) is 0 Å². The van der Waals surface area contributed by atoms with Crippen molar-refractivity contribution < 1.29 is 0 Å². The Kier molecular flexibility index (Phi) is 2.60. The zero-order valence-electron chi connectivity index (χ0n) is 9.88. The molecule has 0 saturated carbocycles. The molecule has 0 bridgehead atoms. The number of rotatable bonds is 3. The van der Waals surface area contributed by atoms with Crippen LogP contribution in [0.4, 0.5) is 5.82 Å². The molecule has 0 saturated heterocycles. The van der Waals surface area contributed by atoms with E-state index in [4.69, 9.17) is 0 Å². The van der Waals surface area contributed by atoms with Crippen molar-refractivity contribution in [3.05, 3.63) is 42.4 Å². The van der Waals surface area contributed by atoms with E-state index in [1.54, 1.807) is 18.6 Å². The Morgan fingerprint density at radius 2 is 2.17 bits per heavy atom. The summed E-state index contributed by atoms with van der Waals surface area (Å²) in [7, 11) is 0. The smallest absolute Gasteiger partial charge is 0.143 e. The van der Waals surface area contributed by atoms with Gasteiger partial charge in [-0.05, 0) is 13.0 Å². The molecule has 0 spiro atoms. The largest absolute Gasteiger partial charge is 0.364 e. The molecular weight excluding hydrogens is 228 g/mol. The summed E-state index contributed by atoms with van der Waals surface area (Å²) < 4.78 is 0. The van der Waals surface area contributed by atoms with Crippen LogP contribution in [-0.4, -0.2) is 24.9 Å². The van der Waals surface area contributed by atoms with Gasteiger partial charge >= 0.3 is 0 Å². The molecule has 0 fully saturated rings. The highest BCUT2D eigenvalue weighted by molar-refractivity contribution is 5.87. The first-order valence-electron chi connectivity index (χ1n) is 5.62. The summed E-state index contributed by atoms with van der Waals surface area (Å²) in [6, 6.07) is 2.02. The molecule has 0 aromatic carbocycles. The molecule has 6 heteroatoms. The van der Waals surface area contributed by atoms with Crippen molar-refractivity contribution in [2.24, 2.45) is 0 Å². The average molecular weight is 240 g/mol. The third kappa shape index (κ3) is 2.00. The molecule has 0 aliphatic carbocycles. The van der Waals surface area contributed by atoms with Crippen LogP contribution in [0.5, 0.6) is 0 Å². The van der Waals surface area contributed by atoms with Gasteiger partial charge in [-0.25, -0.2) is 9.97 Å². The van der Waals surface area contributed by atoms with Gasteiger partial charge in [0.15, 0.2) is 0 Å². The van der Waals surface area contributed by atoms with Crippen LogP contribution in [-0.2, 0) is 6.54 Å². The molecule has 3 aromatic rings. The molecular formula is C12H12N6. The van der Waals surface area contributed by atoms with Gasteiger partial charge in [-0.15, -0.1) is 0 Å². The summed E-state index contributed by atoms with van der Waals surface area (Å²) in [6.07, 6.45) is 6.60. The minimum atomic E-state index is 0.587. The van der Waals surface area contributed by atoms with Gasteiger partial charge in [0.1, 0.15) is 17.8 Å². The van der Waals surface area contributed by atoms with Gasteiger partial charge < -0.3 is 10.3 Å². The second-order valence-electron chi connectivity index (χ2n) is 3.99. The normalized spacial score (nSPS) is 10.7. The zero-order chi connectivity index (χ0) is 12.4. The molecule has 0 radical (unpaired) electrons. The number of anilines is 1. The number of aromatic amines is 1. The summed E-state index contributed by atoms with van der Waals surface area (Å²) in [5.41, 5.74) is 2.77. The van der Waals surface area contributed by atoms with Gasteiger partial charge in [0, 0.05) is 18.1 Å². The third-order valence-corrected chi connectivity index (χ3v) is 2.61. The zero-order valence-corrected chi connectivity index (χ0v) is 9.88. The summed E-state index contributed by atoms with van der Waals surface area (Å²) in [6.45, 7) is 2.58. The molecule has 3 heterocycles. The van der Waals surface area contributed by atoms with E-state index in [2.05, 4.69) is 30.2 Å². The van der Waals surface area contributed by atoms with Crippen LogP contribution < -0.4 is 5.32 Å². The van der Waals surface area contributed by atoms with Crippen molar-refractivity contribution >= 4 is 16.9 Å². The Bertz CT molecular complexity index is 661. The molecule has 3 rings (SSSR count). The van der Waals surface area contributed by atoms with Gasteiger partial charge in [0.05, 0.1) is 23.8 Å². The summed E-state index contributed by atoms with van der Waals surface area (Å²) >= 11 is 0. The molecule has 3 aromatic heterocycles. The summed E-state index contributed by atoms with van der Waals surface area (Å²) in [4.78, 5) is 19.8. The third-order valence-electron chi connectivity index (χ3n) is 2.61. The fourth-order valence-electron chi connectivity index (χ4n) is 1.81. The van der Waals surface area contributed by atoms with E-state index in [1.807, 2.05) is 13.0 Å². The molecule has 0 unspecified atom stereocenters. The fourth-order valence-corrected chi connectivity index (χ4v) is 1.81. The van der Waals surface area contributed by atoms with E-state index in [0.717, 1.165) is 28.2 Å². The maximum atomic E-state index is 4.24. The first-order chi connectivity index (χ1) is 8.83. The number of hydrogen-bond donors (Lipinski definition) is 2. The molecule has 2 N–H and O–H groups in total. The highest BCUT2D eigenvalue weighted by Gasteiger charge is 2.05. The maximum Gasteiger partial charge on any atom is 0.143 e. The van der Waals surface area contributed by atoms with E-state index in [9.17, 15) is 0 Å². The van der Waals surface area contributed by atoms with Gasteiger partial charge in [-0.2, -0.15) is 0 Å².